The van der Waals surface area contributed by atoms with Gasteiger partial charge in [-0.05, 0) is 24.3 Å². The van der Waals surface area contributed by atoms with Crippen molar-refractivity contribution in [1.82, 2.24) is 9.36 Å². The van der Waals surface area contributed by atoms with Gasteiger partial charge in [-0.15, -0.1) is 0 Å². The number of rotatable bonds is 1. The van der Waals surface area contributed by atoms with Crippen molar-refractivity contribution in [1.29, 1.82) is 5.26 Å². The lowest BCUT2D eigenvalue weighted by Crippen LogP contribution is -2.38. The van der Waals surface area contributed by atoms with Crippen molar-refractivity contribution in [2.24, 2.45) is 5.73 Å². The molecule has 0 aliphatic carbocycles. The van der Waals surface area contributed by atoms with E-state index < -0.39 is 17.2 Å². The first-order valence-electron chi connectivity index (χ1n) is 7.58. The molecule has 0 amide bonds. The lowest BCUT2D eigenvalue weighted by Gasteiger charge is -2.18. The van der Waals surface area contributed by atoms with Gasteiger partial charge in [-0.2, -0.15) is 9.94 Å². The van der Waals surface area contributed by atoms with Crippen LogP contribution in [0.1, 0.15) is 11.6 Å². The maximum Gasteiger partial charge on any atom is 0.279 e. The molecule has 3 aromatic rings. The molecule has 1 aromatic heterocycles. The van der Waals surface area contributed by atoms with Gasteiger partial charge in [0.15, 0.2) is 0 Å². The lowest BCUT2D eigenvalue weighted by atomic mass is 10.00. The van der Waals surface area contributed by atoms with Gasteiger partial charge in [0.1, 0.15) is 23.5 Å². The number of aromatic nitrogens is 2. The molecule has 0 spiro atoms. The largest absolute Gasteiger partial charge is 0.383 e. The first-order valence-corrected chi connectivity index (χ1v) is 8.33. The van der Waals surface area contributed by atoms with Gasteiger partial charge in [0, 0.05) is 15.6 Å². The van der Waals surface area contributed by atoms with Crippen molar-refractivity contribution in [3.05, 3.63) is 84.4 Å². The Morgan fingerprint density at radius 2 is 1.54 bits per heavy atom. The highest BCUT2D eigenvalue weighted by Gasteiger charge is 2.36. The number of nitriles is 1. The van der Waals surface area contributed by atoms with E-state index in [-0.39, 0.29) is 32.2 Å². The molecule has 0 fully saturated rings. The van der Waals surface area contributed by atoms with Gasteiger partial charge < -0.3 is 5.73 Å². The molecule has 2 N–H and O–H groups in total. The van der Waals surface area contributed by atoms with Crippen LogP contribution in [0.4, 0.5) is 0 Å². The Hall–Kier alpha value is -3.01. The summed E-state index contributed by atoms with van der Waals surface area (Å²) < 4.78 is 2.17. The van der Waals surface area contributed by atoms with Gasteiger partial charge in [-0.3, -0.25) is 9.59 Å². The Morgan fingerprint density at radius 1 is 0.962 bits per heavy atom. The van der Waals surface area contributed by atoms with Crippen LogP contribution in [-0.2, 0) is 0 Å². The van der Waals surface area contributed by atoms with E-state index in [1.54, 1.807) is 42.5 Å². The first kappa shape index (κ1) is 16.5. The zero-order valence-corrected chi connectivity index (χ0v) is 14.6. The number of nitrogens with zero attached hydrogens (tertiary/aromatic N) is 3. The first-order chi connectivity index (χ1) is 12.5. The third kappa shape index (κ3) is 2.05. The second-order valence-electron chi connectivity index (χ2n) is 5.76. The predicted molar refractivity (Wildman–Crippen MR) is 100 cm³/mol. The van der Waals surface area contributed by atoms with Crippen LogP contribution in [0.15, 0.2) is 57.6 Å². The summed E-state index contributed by atoms with van der Waals surface area (Å²) in [6.45, 7) is 0. The molecule has 1 aliphatic rings. The molecule has 1 atom stereocenters. The topological polar surface area (TPSA) is 93.8 Å². The maximum atomic E-state index is 13.1. The molecule has 8 heteroatoms. The Balaban J connectivity index is 2.21. The van der Waals surface area contributed by atoms with E-state index in [2.05, 4.69) is 0 Å². The molecule has 128 valence electrons. The Kier molecular flexibility index (Phi) is 3.65. The van der Waals surface area contributed by atoms with Crippen molar-refractivity contribution in [3.63, 3.8) is 0 Å². The fraction of sp³-hybridized carbons (Fsp3) is 0.0556. The fourth-order valence-corrected chi connectivity index (χ4v) is 3.88. The number of nitrogens with two attached hydrogens (primary N) is 1. The van der Waals surface area contributed by atoms with Crippen LogP contribution in [0, 0.1) is 11.3 Å². The molecule has 2 heterocycles. The Labute approximate surface area is 156 Å². The van der Waals surface area contributed by atoms with Crippen LogP contribution < -0.4 is 16.9 Å². The number of benzene rings is 2. The molecule has 2 aromatic carbocycles. The Bertz CT molecular complexity index is 1260. The molecule has 26 heavy (non-hydrogen) atoms. The van der Waals surface area contributed by atoms with Crippen LogP contribution in [0.2, 0.25) is 10.0 Å². The highest BCUT2D eigenvalue weighted by molar-refractivity contribution is 6.36. The SMILES string of the molecule is N#CC1=C(N)n2c(=O)c3ccccc3c(=O)n2C1c1c(Cl)cccc1Cl. The van der Waals surface area contributed by atoms with Crippen LogP contribution in [-0.4, -0.2) is 9.36 Å². The molecular formula is C18H10Cl2N4O2. The number of allylic oxidation sites excluding steroid dienone is 1. The van der Waals surface area contributed by atoms with E-state index in [4.69, 9.17) is 28.9 Å². The number of fused-ring (bicyclic) bond motifs is 2. The minimum atomic E-state index is -0.981. The molecule has 0 radical (unpaired) electrons. The standard InChI is InChI=1S/C18H10Cl2N4O2/c19-12-6-3-7-13(20)14(12)15-11(8-21)16(22)24-18(26)10-5-2-1-4-9(10)17(25)23(15)24/h1-7,15H,22H2. The number of hydrogen-bond acceptors (Lipinski definition) is 4. The van der Waals surface area contributed by atoms with Crippen LogP contribution in [0.25, 0.3) is 16.6 Å². The molecule has 0 saturated heterocycles. The summed E-state index contributed by atoms with van der Waals surface area (Å²) in [4.78, 5) is 26.0. The molecular weight excluding hydrogens is 375 g/mol. The van der Waals surface area contributed by atoms with Gasteiger partial charge in [-0.1, -0.05) is 41.4 Å². The fourth-order valence-electron chi connectivity index (χ4n) is 3.27. The molecule has 4 rings (SSSR count). The second kappa shape index (κ2) is 5.77. The van der Waals surface area contributed by atoms with E-state index in [0.717, 1.165) is 9.36 Å². The average Bonchev–Trinajstić information content (AvgIpc) is 2.92. The van der Waals surface area contributed by atoms with E-state index in [9.17, 15) is 14.9 Å². The minimum absolute atomic E-state index is 0.0366. The van der Waals surface area contributed by atoms with Gasteiger partial charge in [0.2, 0.25) is 0 Å². The van der Waals surface area contributed by atoms with E-state index >= 15 is 0 Å². The van der Waals surface area contributed by atoms with Gasteiger partial charge in [0.05, 0.1) is 10.8 Å². The summed E-state index contributed by atoms with van der Waals surface area (Å²) in [5.41, 5.74) is 5.49. The molecule has 6 nitrogen and oxygen atoms in total. The smallest absolute Gasteiger partial charge is 0.279 e. The highest BCUT2D eigenvalue weighted by atomic mass is 35.5. The minimum Gasteiger partial charge on any atom is -0.383 e. The highest BCUT2D eigenvalue weighted by Crippen LogP contribution is 2.39. The molecule has 1 unspecified atom stereocenters. The van der Waals surface area contributed by atoms with Crippen LogP contribution in [0.5, 0.6) is 0 Å². The zero-order valence-electron chi connectivity index (χ0n) is 13.1. The van der Waals surface area contributed by atoms with E-state index in [0.29, 0.717) is 5.56 Å². The van der Waals surface area contributed by atoms with E-state index in [1.165, 1.54) is 0 Å². The summed E-state index contributed by atoms with van der Waals surface area (Å²) in [6.07, 6.45) is 0. The van der Waals surface area contributed by atoms with Crippen molar-refractivity contribution in [2.75, 3.05) is 0 Å². The van der Waals surface area contributed by atoms with Crippen molar-refractivity contribution in [3.8, 4) is 6.07 Å². The van der Waals surface area contributed by atoms with E-state index in [1.807, 2.05) is 6.07 Å². The third-order valence-electron chi connectivity index (χ3n) is 4.42. The lowest BCUT2D eigenvalue weighted by molar-refractivity contribution is 0.539. The third-order valence-corrected chi connectivity index (χ3v) is 5.08. The normalized spacial score (nSPS) is 16.0. The predicted octanol–water partition coefficient (Wildman–Crippen LogP) is 2.72. The molecule has 1 aliphatic heterocycles. The zero-order chi connectivity index (χ0) is 18.6. The second-order valence-corrected chi connectivity index (χ2v) is 6.58. The summed E-state index contributed by atoms with van der Waals surface area (Å²) in [5.74, 6) is -0.110. The summed E-state index contributed by atoms with van der Waals surface area (Å²) in [6, 6.07) is 12.3. The van der Waals surface area contributed by atoms with Crippen molar-refractivity contribution in [2.45, 2.75) is 6.04 Å². The number of hydrogen-bond donors (Lipinski definition) is 1. The van der Waals surface area contributed by atoms with Gasteiger partial charge in [-0.25, -0.2) is 4.68 Å². The summed E-state index contributed by atoms with van der Waals surface area (Å²) in [7, 11) is 0. The van der Waals surface area contributed by atoms with Crippen molar-refractivity contribution >= 4 is 39.8 Å². The molecule has 0 bridgehead atoms. The number of halogens is 2. The van der Waals surface area contributed by atoms with Gasteiger partial charge in [0.25, 0.3) is 11.1 Å². The quantitative estimate of drug-likeness (QED) is 0.697. The average molecular weight is 385 g/mol. The Morgan fingerprint density at radius 3 is 2.12 bits per heavy atom. The van der Waals surface area contributed by atoms with Crippen LogP contribution in [0.3, 0.4) is 0 Å². The monoisotopic (exact) mass is 384 g/mol. The van der Waals surface area contributed by atoms with Crippen LogP contribution >= 0.6 is 23.2 Å². The van der Waals surface area contributed by atoms with Crippen molar-refractivity contribution < 1.29 is 0 Å². The molecule has 0 saturated carbocycles. The summed E-state index contributed by atoms with van der Waals surface area (Å²) >= 11 is 12.6. The maximum absolute atomic E-state index is 13.1. The van der Waals surface area contributed by atoms with Gasteiger partial charge >= 0.3 is 0 Å². The summed E-state index contributed by atoms with van der Waals surface area (Å²) in [5, 5.41) is 10.6.